The van der Waals surface area contributed by atoms with Crippen molar-refractivity contribution in [1.82, 2.24) is 5.01 Å². The number of allylic oxidation sites excluding steroid dienone is 1. The number of halogens is 1. The molecule has 0 radical (unpaired) electrons. The van der Waals surface area contributed by atoms with Crippen molar-refractivity contribution in [3.8, 4) is 0 Å². The molecule has 3 aliphatic rings. The number of rotatable bonds is 4. The zero-order valence-corrected chi connectivity index (χ0v) is 16.4. The number of hydrogen-bond donors (Lipinski definition) is 0. The van der Waals surface area contributed by atoms with Crippen LogP contribution in [0.4, 0.5) is 15.8 Å². The third-order valence-electron chi connectivity index (χ3n) is 5.99. The topological polar surface area (TPSA) is 113 Å². The Hall–Kier alpha value is -4.21. The summed E-state index contributed by atoms with van der Waals surface area (Å²) < 4.78 is 13.4. The Labute approximate surface area is 180 Å². The highest BCUT2D eigenvalue weighted by Crippen LogP contribution is 2.46. The lowest BCUT2D eigenvalue weighted by Gasteiger charge is -2.30. The number of imide groups is 1. The molecule has 2 fully saturated rings. The number of non-ortho nitro benzene ring substituents is 1. The molecule has 2 amide bonds. The van der Waals surface area contributed by atoms with Crippen LogP contribution in [0, 0.1) is 27.8 Å². The molecule has 3 heterocycles. The van der Waals surface area contributed by atoms with E-state index in [1.165, 1.54) is 41.6 Å². The third-order valence-corrected chi connectivity index (χ3v) is 5.99. The summed E-state index contributed by atoms with van der Waals surface area (Å²) in [7, 11) is 0. The van der Waals surface area contributed by atoms with Crippen LogP contribution in [-0.4, -0.2) is 45.8 Å². The smallest absolute Gasteiger partial charge is 0.270 e. The number of amides is 2. The molecule has 160 valence electrons. The first-order valence-corrected chi connectivity index (χ1v) is 9.79. The van der Waals surface area contributed by atoms with Crippen molar-refractivity contribution in [1.29, 1.82) is 0 Å². The number of Topliss-reactive ketones (excluding diaryl/α,β-unsaturated/α-hetero) is 1. The van der Waals surface area contributed by atoms with E-state index in [0.29, 0.717) is 0 Å². The van der Waals surface area contributed by atoms with Gasteiger partial charge in [0.15, 0.2) is 5.78 Å². The van der Waals surface area contributed by atoms with Gasteiger partial charge in [-0.1, -0.05) is 18.2 Å². The fraction of sp³-hybridized carbons (Fsp3) is 0.182. The number of ketones is 1. The number of carbonyl (C=O) groups excluding carboxylic acids is 3. The van der Waals surface area contributed by atoms with Gasteiger partial charge in [0.05, 0.1) is 28.5 Å². The lowest BCUT2D eigenvalue weighted by atomic mass is 9.86. The molecule has 0 spiro atoms. The summed E-state index contributed by atoms with van der Waals surface area (Å²) in [5.41, 5.74) is 0.00627. The number of nitro benzene ring substituents is 1. The molecular weight excluding hydrogens is 419 g/mol. The fourth-order valence-corrected chi connectivity index (χ4v) is 4.63. The van der Waals surface area contributed by atoms with Gasteiger partial charge >= 0.3 is 0 Å². The monoisotopic (exact) mass is 434 g/mol. The quantitative estimate of drug-likeness (QED) is 0.316. The van der Waals surface area contributed by atoms with Gasteiger partial charge in [0, 0.05) is 23.9 Å². The largest absolute Gasteiger partial charge is 0.292 e. The van der Waals surface area contributed by atoms with E-state index >= 15 is 0 Å². The molecule has 2 aromatic rings. The van der Waals surface area contributed by atoms with Crippen LogP contribution in [-0.2, 0) is 9.59 Å². The van der Waals surface area contributed by atoms with Gasteiger partial charge in [0.1, 0.15) is 11.9 Å². The molecule has 5 rings (SSSR count). The van der Waals surface area contributed by atoms with Gasteiger partial charge in [0.25, 0.3) is 5.69 Å². The van der Waals surface area contributed by atoms with Crippen molar-refractivity contribution in [2.24, 2.45) is 16.9 Å². The second kappa shape index (κ2) is 7.19. The summed E-state index contributed by atoms with van der Waals surface area (Å²) in [5, 5.41) is 16.8. The highest BCUT2D eigenvalue weighted by atomic mass is 19.1. The van der Waals surface area contributed by atoms with Crippen molar-refractivity contribution in [2.45, 2.75) is 12.1 Å². The Morgan fingerprint density at radius 2 is 1.78 bits per heavy atom. The summed E-state index contributed by atoms with van der Waals surface area (Å²) in [4.78, 5) is 51.7. The van der Waals surface area contributed by atoms with E-state index in [2.05, 4.69) is 5.10 Å². The zero-order valence-electron chi connectivity index (χ0n) is 16.4. The summed E-state index contributed by atoms with van der Waals surface area (Å²) in [5.74, 6) is -4.05. The molecule has 3 aliphatic heterocycles. The van der Waals surface area contributed by atoms with Crippen molar-refractivity contribution < 1.29 is 23.7 Å². The van der Waals surface area contributed by atoms with E-state index in [1.807, 2.05) is 0 Å². The van der Waals surface area contributed by atoms with Gasteiger partial charge in [-0.2, -0.15) is 5.10 Å². The number of fused-ring (bicyclic) bond motifs is 3. The van der Waals surface area contributed by atoms with E-state index in [1.54, 1.807) is 12.2 Å². The lowest BCUT2D eigenvalue weighted by Crippen LogP contribution is -2.46. The zero-order chi connectivity index (χ0) is 22.6. The van der Waals surface area contributed by atoms with E-state index in [0.717, 1.165) is 23.1 Å². The van der Waals surface area contributed by atoms with E-state index in [9.17, 15) is 28.9 Å². The van der Waals surface area contributed by atoms with E-state index < -0.39 is 52.3 Å². The molecule has 0 saturated carbocycles. The van der Waals surface area contributed by atoms with Gasteiger partial charge in [0.2, 0.25) is 11.8 Å². The van der Waals surface area contributed by atoms with Crippen molar-refractivity contribution in [2.75, 3.05) is 4.90 Å². The number of hydrogen-bond acceptors (Lipinski definition) is 7. The van der Waals surface area contributed by atoms with E-state index in [4.69, 9.17) is 0 Å². The molecule has 0 unspecified atom stereocenters. The van der Waals surface area contributed by atoms with Gasteiger partial charge in [-0.15, -0.1) is 0 Å². The third kappa shape index (κ3) is 2.83. The molecule has 0 bridgehead atoms. The summed E-state index contributed by atoms with van der Waals surface area (Å²) in [6, 6.07) is 8.44. The van der Waals surface area contributed by atoms with Crippen LogP contribution in [0.15, 0.2) is 65.8 Å². The minimum Gasteiger partial charge on any atom is -0.292 e. The average molecular weight is 434 g/mol. The maximum Gasteiger partial charge on any atom is 0.270 e. The predicted octanol–water partition coefficient (Wildman–Crippen LogP) is 2.33. The number of benzene rings is 2. The Balaban J connectivity index is 1.57. The molecule has 0 aromatic heterocycles. The highest BCUT2D eigenvalue weighted by molar-refractivity contribution is 6.24. The maximum absolute atomic E-state index is 13.5. The number of hydrazone groups is 1. The predicted molar refractivity (Wildman–Crippen MR) is 110 cm³/mol. The minimum absolute atomic E-state index is 0.0498. The van der Waals surface area contributed by atoms with Gasteiger partial charge in [-0.05, 0) is 30.3 Å². The van der Waals surface area contributed by atoms with Crippen molar-refractivity contribution >= 4 is 35.2 Å². The van der Waals surface area contributed by atoms with Crippen LogP contribution < -0.4 is 4.90 Å². The van der Waals surface area contributed by atoms with Gasteiger partial charge in [-0.3, -0.25) is 29.5 Å². The Kier molecular flexibility index (Phi) is 4.43. The Morgan fingerprint density at radius 1 is 1.06 bits per heavy atom. The molecule has 0 N–H and O–H groups in total. The molecule has 4 atom stereocenters. The van der Waals surface area contributed by atoms with Gasteiger partial charge < -0.3 is 0 Å². The van der Waals surface area contributed by atoms with Crippen LogP contribution in [0.1, 0.15) is 10.4 Å². The first-order chi connectivity index (χ1) is 15.4. The number of nitrogens with zero attached hydrogens (tertiary/aromatic N) is 4. The Bertz CT molecular complexity index is 1230. The number of anilines is 1. The number of carbonyl (C=O) groups is 3. The summed E-state index contributed by atoms with van der Waals surface area (Å²) in [6.07, 6.45) is 4.79. The standard InChI is InChI=1S/C22H15FN4O5/c23-13-6-8-14(9-7-13)25-21(29)17-16-5-2-10-24-26(16)19(18(17)22(25)30)20(28)12-3-1-4-15(11-12)27(31)32/h1-11,16-19H/t16-,17-,18-,19-/m1/s1. The van der Waals surface area contributed by atoms with Crippen molar-refractivity contribution in [3.63, 3.8) is 0 Å². The second-order valence-corrected chi connectivity index (χ2v) is 7.68. The molecular formula is C22H15FN4O5. The normalized spacial score (nSPS) is 25.8. The molecule has 2 aromatic carbocycles. The molecule has 32 heavy (non-hydrogen) atoms. The van der Waals surface area contributed by atoms with Crippen LogP contribution >= 0.6 is 0 Å². The molecule has 0 aliphatic carbocycles. The van der Waals surface area contributed by atoms with Crippen LogP contribution in [0.25, 0.3) is 0 Å². The van der Waals surface area contributed by atoms with Gasteiger partial charge in [-0.25, -0.2) is 9.29 Å². The molecule has 9 nitrogen and oxygen atoms in total. The second-order valence-electron chi connectivity index (χ2n) is 7.68. The summed E-state index contributed by atoms with van der Waals surface area (Å²) >= 11 is 0. The number of nitro groups is 1. The first kappa shape index (κ1) is 19.7. The Morgan fingerprint density at radius 3 is 2.50 bits per heavy atom. The van der Waals surface area contributed by atoms with Crippen LogP contribution in [0.5, 0.6) is 0 Å². The van der Waals surface area contributed by atoms with Crippen LogP contribution in [0.2, 0.25) is 0 Å². The van der Waals surface area contributed by atoms with E-state index in [-0.39, 0.29) is 16.9 Å². The van der Waals surface area contributed by atoms with Crippen molar-refractivity contribution in [3.05, 3.63) is 82.2 Å². The molecule has 2 saturated heterocycles. The first-order valence-electron chi connectivity index (χ1n) is 9.79. The fourth-order valence-electron chi connectivity index (χ4n) is 4.63. The SMILES string of the molecule is O=C(c1cccc([N+](=O)[O-])c1)[C@H]1[C@@H]2C(=O)N(c3ccc(F)cc3)C(=O)[C@@H]2[C@H]2C=CC=NN21. The lowest BCUT2D eigenvalue weighted by molar-refractivity contribution is -0.384. The van der Waals surface area contributed by atoms with Crippen LogP contribution in [0.3, 0.4) is 0 Å². The summed E-state index contributed by atoms with van der Waals surface area (Å²) in [6.45, 7) is 0. The highest BCUT2D eigenvalue weighted by Gasteiger charge is 2.64. The maximum atomic E-state index is 13.5. The minimum atomic E-state index is -1.12. The molecule has 10 heteroatoms. The average Bonchev–Trinajstić information content (AvgIpc) is 3.27.